The molecule has 19 heavy (non-hydrogen) atoms. The van der Waals surface area contributed by atoms with Crippen LogP contribution in [-0.2, 0) is 9.53 Å². The Morgan fingerprint density at radius 2 is 2.05 bits per heavy atom. The van der Waals surface area contributed by atoms with Crippen molar-refractivity contribution in [2.75, 3.05) is 46.6 Å². The van der Waals surface area contributed by atoms with Gasteiger partial charge in [0.1, 0.15) is 6.54 Å². The summed E-state index contributed by atoms with van der Waals surface area (Å²) in [5.41, 5.74) is 5.35. The summed E-state index contributed by atoms with van der Waals surface area (Å²) in [5.74, 6) is -0.852. The maximum Gasteiger partial charge on any atom is 0.280 e. The topological polar surface area (TPSA) is 115 Å². The molecule has 0 aromatic carbocycles. The minimum atomic E-state index is -0.522. The fourth-order valence-electron chi connectivity index (χ4n) is 1.25. The molecule has 1 aromatic heterocycles. The molecule has 0 unspecified atom stereocenters. The Hall–Kier alpha value is -2.16. The number of methoxy groups -OCH3 is 1. The second-order valence-corrected chi connectivity index (χ2v) is 4.01. The van der Waals surface area contributed by atoms with Gasteiger partial charge in [-0.1, -0.05) is 0 Å². The molecule has 9 nitrogen and oxygen atoms in total. The van der Waals surface area contributed by atoms with Gasteiger partial charge in [0, 0.05) is 27.7 Å². The highest BCUT2D eigenvalue weighted by Gasteiger charge is 2.24. The minimum absolute atomic E-state index is 0.0957. The van der Waals surface area contributed by atoms with Crippen LogP contribution >= 0.6 is 0 Å². The number of hydrogen-bond donors (Lipinski definition) is 1. The van der Waals surface area contributed by atoms with Crippen LogP contribution in [0.3, 0.4) is 0 Å². The highest BCUT2D eigenvalue weighted by molar-refractivity contribution is 5.98. The molecule has 0 aliphatic heterocycles. The highest BCUT2D eigenvalue weighted by atomic mass is 16.6. The predicted octanol–water partition coefficient (Wildman–Crippen LogP) is -1.17. The van der Waals surface area contributed by atoms with E-state index < -0.39 is 5.91 Å². The van der Waals surface area contributed by atoms with Crippen LogP contribution in [0.5, 0.6) is 0 Å². The van der Waals surface area contributed by atoms with Crippen molar-refractivity contribution < 1.29 is 19.0 Å². The van der Waals surface area contributed by atoms with E-state index in [4.69, 9.17) is 10.5 Å². The van der Waals surface area contributed by atoms with Crippen molar-refractivity contribution in [1.82, 2.24) is 20.1 Å². The number of hydrogen-bond acceptors (Lipinski definition) is 7. The summed E-state index contributed by atoms with van der Waals surface area (Å²) in [7, 11) is 4.71. The van der Waals surface area contributed by atoms with Crippen LogP contribution in [0, 0.1) is 0 Å². The van der Waals surface area contributed by atoms with Gasteiger partial charge < -0.3 is 20.3 Å². The van der Waals surface area contributed by atoms with Gasteiger partial charge in [-0.2, -0.15) is 0 Å². The summed E-state index contributed by atoms with van der Waals surface area (Å²) in [4.78, 5) is 26.5. The largest absolute Gasteiger partial charge is 0.383 e. The number of carbonyl (C=O) groups is 2. The lowest BCUT2D eigenvalue weighted by Gasteiger charge is -2.22. The first-order valence-corrected chi connectivity index (χ1v) is 5.53. The number of likely N-dealkylation sites (N-methyl/N-ethyl adjacent to an activating group) is 1. The Bertz CT molecular complexity index is 445. The molecule has 2 N–H and O–H groups in total. The minimum Gasteiger partial charge on any atom is -0.383 e. The molecule has 1 heterocycles. The van der Waals surface area contributed by atoms with E-state index in [1.165, 1.54) is 16.9 Å². The zero-order chi connectivity index (χ0) is 14.4. The molecule has 0 aliphatic rings. The lowest BCUT2D eigenvalue weighted by molar-refractivity contribution is -0.129. The van der Waals surface area contributed by atoms with Crippen molar-refractivity contribution in [3.8, 4) is 0 Å². The van der Waals surface area contributed by atoms with Gasteiger partial charge in [0.05, 0.1) is 6.61 Å². The van der Waals surface area contributed by atoms with E-state index in [1.807, 2.05) is 0 Å². The van der Waals surface area contributed by atoms with E-state index in [0.717, 1.165) is 0 Å². The van der Waals surface area contributed by atoms with Crippen molar-refractivity contribution in [3.05, 3.63) is 5.69 Å². The summed E-state index contributed by atoms with van der Waals surface area (Å²) in [5, 5.41) is 6.76. The first-order valence-electron chi connectivity index (χ1n) is 5.53. The van der Waals surface area contributed by atoms with Crippen molar-refractivity contribution in [3.63, 3.8) is 0 Å². The average Bonchev–Trinajstić information content (AvgIpc) is 2.79. The maximum absolute atomic E-state index is 12.1. The van der Waals surface area contributed by atoms with Crippen LogP contribution < -0.4 is 5.73 Å². The summed E-state index contributed by atoms with van der Waals surface area (Å²) in [6, 6.07) is 0. The van der Waals surface area contributed by atoms with Gasteiger partial charge in [0.15, 0.2) is 0 Å². The van der Waals surface area contributed by atoms with Crippen LogP contribution in [0.2, 0.25) is 0 Å². The fraction of sp³-hybridized carbons (Fsp3) is 0.600. The third-order valence-electron chi connectivity index (χ3n) is 2.39. The average molecular weight is 271 g/mol. The maximum atomic E-state index is 12.1. The molecule has 1 rings (SSSR count). The van der Waals surface area contributed by atoms with E-state index in [0.29, 0.717) is 0 Å². The number of ether oxygens (including phenoxy) is 1. The number of rotatable bonds is 6. The van der Waals surface area contributed by atoms with Crippen molar-refractivity contribution >= 4 is 17.6 Å². The summed E-state index contributed by atoms with van der Waals surface area (Å²) in [6.45, 7) is 0.431. The monoisotopic (exact) mass is 271 g/mol. The molecule has 0 spiro atoms. The normalized spacial score (nSPS) is 10.3. The molecule has 0 aliphatic carbocycles. The second-order valence-electron chi connectivity index (χ2n) is 4.01. The lowest BCUT2D eigenvalue weighted by atomic mass is 10.3. The van der Waals surface area contributed by atoms with Crippen LogP contribution in [0.25, 0.3) is 0 Å². The molecule has 0 radical (unpaired) electrons. The quantitative estimate of drug-likeness (QED) is 0.693. The summed E-state index contributed by atoms with van der Waals surface area (Å²) in [6.07, 6.45) is 0. The number of anilines is 1. The first-order chi connectivity index (χ1) is 8.97. The fourth-order valence-corrected chi connectivity index (χ4v) is 1.25. The number of nitrogens with two attached hydrogens (primary N) is 1. The Balaban J connectivity index is 2.81. The Morgan fingerprint density at radius 1 is 1.37 bits per heavy atom. The smallest absolute Gasteiger partial charge is 0.280 e. The third kappa shape index (κ3) is 3.91. The Kier molecular flexibility index (Phi) is 5.24. The Labute approximate surface area is 110 Å². The molecule has 0 fully saturated rings. The molecule has 0 saturated heterocycles. The summed E-state index contributed by atoms with van der Waals surface area (Å²) < 4.78 is 9.28. The number of aromatic nitrogens is 2. The predicted molar refractivity (Wildman–Crippen MR) is 65.2 cm³/mol. The van der Waals surface area contributed by atoms with Crippen LogP contribution in [0.15, 0.2) is 4.63 Å². The van der Waals surface area contributed by atoms with Crippen molar-refractivity contribution in [1.29, 1.82) is 0 Å². The zero-order valence-electron chi connectivity index (χ0n) is 11.1. The molecule has 0 saturated carbocycles. The molecular weight excluding hydrogens is 254 g/mol. The molecule has 2 amide bonds. The van der Waals surface area contributed by atoms with Crippen LogP contribution in [0.4, 0.5) is 5.82 Å². The molecule has 0 bridgehead atoms. The highest BCUT2D eigenvalue weighted by Crippen LogP contribution is 2.08. The van der Waals surface area contributed by atoms with E-state index in [2.05, 4.69) is 14.9 Å². The Morgan fingerprint density at radius 3 is 2.53 bits per heavy atom. The molecular formula is C10H17N5O4. The number of carbonyl (C=O) groups excluding carboxylic acids is 2. The van der Waals surface area contributed by atoms with Gasteiger partial charge in [-0.15, -0.1) is 0 Å². The first kappa shape index (κ1) is 14.9. The number of nitrogens with zero attached hydrogens (tertiary/aromatic N) is 4. The van der Waals surface area contributed by atoms with Gasteiger partial charge in [-0.3, -0.25) is 9.59 Å². The van der Waals surface area contributed by atoms with Crippen molar-refractivity contribution in [2.24, 2.45) is 0 Å². The van der Waals surface area contributed by atoms with E-state index in [1.54, 1.807) is 14.1 Å². The van der Waals surface area contributed by atoms with Gasteiger partial charge in [-0.25, -0.2) is 4.63 Å². The third-order valence-corrected chi connectivity index (χ3v) is 2.39. The van der Waals surface area contributed by atoms with Crippen LogP contribution in [-0.4, -0.2) is 72.8 Å². The second kappa shape index (κ2) is 6.69. The molecule has 9 heteroatoms. The number of nitrogen functional groups attached to an aromatic ring is 1. The zero-order valence-corrected chi connectivity index (χ0v) is 11.1. The van der Waals surface area contributed by atoms with Crippen molar-refractivity contribution in [2.45, 2.75) is 0 Å². The van der Waals surface area contributed by atoms with Gasteiger partial charge in [0.2, 0.25) is 17.4 Å². The molecule has 106 valence electrons. The van der Waals surface area contributed by atoms with Gasteiger partial charge >= 0.3 is 0 Å². The van der Waals surface area contributed by atoms with Crippen LogP contribution in [0.1, 0.15) is 10.5 Å². The van der Waals surface area contributed by atoms with E-state index in [-0.39, 0.29) is 37.1 Å². The number of amides is 2. The van der Waals surface area contributed by atoms with E-state index in [9.17, 15) is 9.59 Å². The van der Waals surface area contributed by atoms with Gasteiger partial charge in [0.25, 0.3) is 5.91 Å². The van der Waals surface area contributed by atoms with Gasteiger partial charge in [-0.05, 0) is 10.3 Å². The lowest BCUT2D eigenvalue weighted by Crippen LogP contribution is -2.42. The molecule has 1 aromatic rings. The van der Waals surface area contributed by atoms with E-state index >= 15 is 0 Å². The summed E-state index contributed by atoms with van der Waals surface area (Å²) >= 11 is 0. The standard InChI is InChI=1S/C10H17N5O4/c1-14(2)7(16)6-15(4-5-18-3)10(17)8-9(11)13-19-12-8/h4-6H2,1-3H3,(H2,11,13). The SMILES string of the molecule is COCCN(CC(=O)N(C)C)C(=O)c1nonc1N. The molecule has 0 atom stereocenters.